The smallest absolute Gasteiger partial charge is 0.159 e. The molecule has 1 saturated heterocycles. The van der Waals surface area contributed by atoms with Crippen molar-refractivity contribution in [3.8, 4) is 0 Å². The maximum Gasteiger partial charge on any atom is 0.159 e. The van der Waals surface area contributed by atoms with Crippen LogP contribution in [0.4, 0.5) is 8.78 Å². The van der Waals surface area contributed by atoms with E-state index in [-0.39, 0.29) is 5.54 Å². The zero-order valence-corrected chi connectivity index (χ0v) is 12.0. The first-order valence-corrected chi connectivity index (χ1v) is 7.40. The molecule has 0 aliphatic carbocycles. The van der Waals surface area contributed by atoms with Crippen LogP contribution in [-0.4, -0.2) is 16.5 Å². The van der Waals surface area contributed by atoms with Gasteiger partial charge in [-0.25, -0.2) is 8.78 Å². The van der Waals surface area contributed by atoms with Gasteiger partial charge in [0.05, 0.1) is 6.54 Å². The average Bonchev–Trinajstić information content (AvgIpc) is 2.40. The molecule has 1 aromatic carbocycles. The van der Waals surface area contributed by atoms with E-state index in [1.807, 2.05) is 0 Å². The Labute approximate surface area is 116 Å². The Morgan fingerprint density at radius 2 is 2.16 bits per heavy atom. The van der Waals surface area contributed by atoms with Gasteiger partial charge in [-0.1, -0.05) is 24.8 Å². The quantitative estimate of drug-likeness (QED) is 0.915. The number of thioether (sulfide) groups is 1. The van der Waals surface area contributed by atoms with E-state index in [1.54, 1.807) is 17.8 Å². The SMILES string of the molecule is CCC1(C)CCSC(=NCc2ccc(F)c(F)c2)N1. The van der Waals surface area contributed by atoms with Gasteiger partial charge in [0, 0.05) is 11.3 Å². The molecule has 1 N–H and O–H groups in total. The summed E-state index contributed by atoms with van der Waals surface area (Å²) in [6.45, 7) is 4.70. The van der Waals surface area contributed by atoms with Crippen molar-refractivity contribution in [2.45, 2.75) is 38.8 Å². The Hall–Kier alpha value is -1.10. The minimum atomic E-state index is -0.819. The van der Waals surface area contributed by atoms with Crippen LogP contribution >= 0.6 is 11.8 Å². The number of hydrogen-bond donors (Lipinski definition) is 1. The van der Waals surface area contributed by atoms with E-state index in [4.69, 9.17) is 0 Å². The summed E-state index contributed by atoms with van der Waals surface area (Å²) in [5.41, 5.74) is 0.774. The van der Waals surface area contributed by atoms with Gasteiger partial charge >= 0.3 is 0 Å². The number of amidine groups is 1. The summed E-state index contributed by atoms with van der Waals surface area (Å²) in [5.74, 6) is -0.603. The highest BCUT2D eigenvalue weighted by molar-refractivity contribution is 8.13. The summed E-state index contributed by atoms with van der Waals surface area (Å²) in [6.07, 6.45) is 2.15. The Bertz CT molecular complexity index is 490. The number of benzene rings is 1. The molecule has 1 aromatic rings. The van der Waals surface area contributed by atoms with E-state index in [2.05, 4.69) is 24.2 Å². The highest BCUT2D eigenvalue weighted by Crippen LogP contribution is 2.25. The Morgan fingerprint density at radius 1 is 1.37 bits per heavy atom. The van der Waals surface area contributed by atoms with Crippen LogP contribution in [-0.2, 0) is 6.54 Å². The normalized spacial score (nSPS) is 25.4. The first kappa shape index (κ1) is 14.3. The molecular formula is C14H18F2N2S. The molecule has 19 heavy (non-hydrogen) atoms. The monoisotopic (exact) mass is 284 g/mol. The first-order chi connectivity index (χ1) is 9.02. The van der Waals surface area contributed by atoms with Gasteiger partial charge in [-0.05, 0) is 37.5 Å². The van der Waals surface area contributed by atoms with Crippen molar-refractivity contribution < 1.29 is 8.78 Å². The molecule has 1 heterocycles. The number of nitrogens with zero attached hydrogens (tertiary/aromatic N) is 1. The molecule has 5 heteroatoms. The molecule has 1 atom stereocenters. The fourth-order valence-corrected chi connectivity index (χ4v) is 3.10. The summed E-state index contributed by atoms with van der Waals surface area (Å²) in [6, 6.07) is 3.91. The van der Waals surface area contributed by atoms with Gasteiger partial charge in [0.15, 0.2) is 16.8 Å². The fraction of sp³-hybridized carbons (Fsp3) is 0.500. The molecule has 104 valence electrons. The zero-order chi connectivity index (χ0) is 13.9. The largest absolute Gasteiger partial charge is 0.360 e. The zero-order valence-electron chi connectivity index (χ0n) is 11.2. The van der Waals surface area contributed by atoms with Crippen molar-refractivity contribution in [2.24, 2.45) is 4.99 Å². The van der Waals surface area contributed by atoms with Crippen LogP contribution in [0.1, 0.15) is 32.3 Å². The van der Waals surface area contributed by atoms with Crippen molar-refractivity contribution in [1.29, 1.82) is 0 Å². The van der Waals surface area contributed by atoms with Gasteiger partial charge in [-0.15, -0.1) is 0 Å². The van der Waals surface area contributed by atoms with E-state index < -0.39 is 11.6 Å². The van der Waals surface area contributed by atoms with Crippen molar-refractivity contribution in [3.63, 3.8) is 0 Å². The number of hydrogen-bond acceptors (Lipinski definition) is 2. The van der Waals surface area contributed by atoms with Crippen LogP contribution < -0.4 is 5.32 Å². The molecule has 0 saturated carbocycles. The van der Waals surface area contributed by atoms with Gasteiger partial charge < -0.3 is 5.32 Å². The summed E-state index contributed by atoms with van der Waals surface area (Å²) in [7, 11) is 0. The lowest BCUT2D eigenvalue weighted by Crippen LogP contribution is -2.48. The van der Waals surface area contributed by atoms with Crippen LogP contribution in [0.25, 0.3) is 0 Å². The van der Waals surface area contributed by atoms with Crippen molar-refractivity contribution in [2.75, 3.05) is 5.75 Å². The van der Waals surface area contributed by atoms with Crippen molar-refractivity contribution >= 4 is 16.9 Å². The molecule has 0 aromatic heterocycles. The highest BCUT2D eigenvalue weighted by atomic mass is 32.2. The summed E-state index contributed by atoms with van der Waals surface area (Å²) in [5, 5.41) is 4.31. The molecule has 1 unspecified atom stereocenters. The standard InChI is InChI=1S/C14H18F2N2S/c1-3-14(2)6-7-19-13(18-14)17-9-10-4-5-11(15)12(16)8-10/h4-5,8H,3,6-7,9H2,1-2H3,(H,17,18). The lowest BCUT2D eigenvalue weighted by molar-refractivity contribution is 0.390. The van der Waals surface area contributed by atoms with Crippen LogP contribution in [0.15, 0.2) is 23.2 Å². The van der Waals surface area contributed by atoms with Crippen molar-refractivity contribution in [1.82, 2.24) is 5.32 Å². The van der Waals surface area contributed by atoms with Crippen LogP contribution in [0.3, 0.4) is 0 Å². The van der Waals surface area contributed by atoms with E-state index in [1.165, 1.54) is 6.07 Å². The molecule has 1 aliphatic heterocycles. The third-order valence-electron chi connectivity index (χ3n) is 3.47. The molecule has 2 rings (SSSR count). The average molecular weight is 284 g/mol. The van der Waals surface area contributed by atoms with Gasteiger partial charge in [0.25, 0.3) is 0 Å². The van der Waals surface area contributed by atoms with E-state index in [0.717, 1.165) is 29.8 Å². The van der Waals surface area contributed by atoms with Crippen molar-refractivity contribution in [3.05, 3.63) is 35.4 Å². The summed E-state index contributed by atoms with van der Waals surface area (Å²) in [4.78, 5) is 4.45. The van der Waals surface area contributed by atoms with Gasteiger partial charge in [0.1, 0.15) is 0 Å². The molecule has 0 radical (unpaired) electrons. The molecule has 0 bridgehead atoms. The van der Waals surface area contributed by atoms with Gasteiger partial charge in [-0.3, -0.25) is 4.99 Å². The van der Waals surface area contributed by atoms with Gasteiger partial charge in [0.2, 0.25) is 0 Å². The minimum absolute atomic E-state index is 0.0954. The van der Waals surface area contributed by atoms with E-state index in [9.17, 15) is 8.78 Å². The fourth-order valence-electron chi connectivity index (χ4n) is 1.88. The molecule has 1 aliphatic rings. The molecule has 1 fully saturated rings. The summed E-state index contributed by atoms with van der Waals surface area (Å²) < 4.78 is 25.9. The maximum atomic E-state index is 13.1. The first-order valence-electron chi connectivity index (χ1n) is 6.42. The molecule has 0 spiro atoms. The summed E-state index contributed by atoms with van der Waals surface area (Å²) >= 11 is 1.68. The molecule has 2 nitrogen and oxygen atoms in total. The number of nitrogens with one attached hydrogen (secondary N) is 1. The third-order valence-corrected chi connectivity index (χ3v) is 4.38. The second-order valence-corrected chi connectivity index (χ2v) is 6.09. The lowest BCUT2D eigenvalue weighted by Gasteiger charge is -2.35. The Balaban J connectivity index is 2.03. The second-order valence-electron chi connectivity index (χ2n) is 5.01. The van der Waals surface area contributed by atoms with Crippen LogP contribution in [0.2, 0.25) is 0 Å². The number of halogens is 2. The van der Waals surface area contributed by atoms with E-state index >= 15 is 0 Å². The topological polar surface area (TPSA) is 24.4 Å². The highest BCUT2D eigenvalue weighted by Gasteiger charge is 2.27. The number of rotatable bonds is 3. The van der Waals surface area contributed by atoms with E-state index in [0.29, 0.717) is 12.1 Å². The Morgan fingerprint density at radius 3 is 2.84 bits per heavy atom. The molecular weight excluding hydrogens is 266 g/mol. The predicted molar refractivity (Wildman–Crippen MR) is 76.4 cm³/mol. The maximum absolute atomic E-state index is 13.1. The second kappa shape index (κ2) is 5.90. The van der Waals surface area contributed by atoms with Crippen LogP contribution in [0.5, 0.6) is 0 Å². The van der Waals surface area contributed by atoms with Crippen LogP contribution in [0, 0.1) is 11.6 Å². The number of aliphatic imine (C=N–C) groups is 1. The lowest BCUT2D eigenvalue weighted by atomic mass is 9.96. The molecule has 0 amide bonds. The minimum Gasteiger partial charge on any atom is -0.360 e. The predicted octanol–water partition coefficient (Wildman–Crippen LogP) is 3.72. The third kappa shape index (κ3) is 3.69. The Kier molecular flexibility index (Phi) is 4.45. The van der Waals surface area contributed by atoms with Gasteiger partial charge in [-0.2, -0.15) is 0 Å².